The van der Waals surface area contributed by atoms with Gasteiger partial charge in [-0.2, -0.15) is 0 Å². The van der Waals surface area contributed by atoms with Crippen molar-refractivity contribution in [2.75, 3.05) is 26.9 Å². The van der Waals surface area contributed by atoms with Crippen molar-refractivity contribution in [2.45, 2.75) is 25.9 Å². The maximum Gasteiger partial charge on any atom is 0.258 e. The van der Waals surface area contributed by atoms with Gasteiger partial charge in [0.1, 0.15) is 5.75 Å². The molecule has 20 heavy (non-hydrogen) atoms. The first-order chi connectivity index (χ1) is 9.52. The predicted molar refractivity (Wildman–Crippen MR) is 76.9 cm³/mol. The van der Waals surface area contributed by atoms with Crippen LogP contribution in [0.4, 0.5) is 0 Å². The van der Waals surface area contributed by atoms with Crippen molar-refractivity contribution in [1.29, 1.82) is 0 Å². The fourth-order valence-corrected chi connectivity index (χ4v) is 1.63. The second-order valence-electron chi connectivity index (χ2n) is 4.93. The predicted octanol–water partition coefficient (Wildman–Crippen LogP) is 1.31. The zero-order chi connectivity index (χ0) is 15.0. The van der Waals surface area contributed by atoms with Crippen molar-refractivity contribution >= 4 is 5.91 Å². The first kappa shape index (κ1) is 16.5. The molecule has 0 aliphatic heterocycles. The van der Waals surface area contributed by atoms with Gasteiger partial charge < -0.3 is 19.9 Å². The first-order valence-electron chi connectivity index (χ1n) is 6.69. The van der Waals surface area contributed by atoms with E-state index >= 15 is 0 Å². The van der Waals surface area contributed by atoms with Gasteiger partial charge in [-0.15, -0.1) is 0 Å². The number of hydrogen-bond donors (Lipinski definition) is 2. The van der Waals surface area contributed by atoms with Crippen LogP contribution in [-0.2, 0) is 9.53 Å². The summed E-state index contributed by atoms with van der Waals surface area (Å²) in [6.07, 6.45) is -0.700. The monoisotopic (exact) mass is 281 g/mol. The molecular weight excluding hydrogens is 258 g/mol. The third-order valence-corrected chi connectivity index (χ3v) is 2.81. The van der Waals surface area contributed by atoms with Gasteiger partial charge in [-0.3, -0.25) is 4.79 Å². The minimum atomic E-state index is -0.700. The van der Waals surface area contributed by atoms with Gasteiger partial charge in [0.2, 0.25) is 0 Å². The van der Waals surface area contributed by atoms with Crippen molar-refractivity contribution in [1.82, 2.24) is 5.32 Å². The van der Waals surface area contributed by atoms with Crippen molar-refractivity contribution in [3.8, 4) is 5.75 Å². The van der Waals surface area contributed by atoms with E-state index in [1.165, 1.54) is 12.7 Å². The third-order valence-electron chi connectivity index (χ3n) is 2.81. The number of rotatable bonds is 8. The number of benzene rings is 1. The fourth-order valence-electron chi connectivity index (χ4n) is 1.63. The Morgan fingerprint density at radius 1 is 1.30 bits per heavy atom. The van der Waals surface area contributed by atoms with Crippen LogP contribution in [0.2, 0.25) is 0 Å². The molecule has 0 saturated heterocycles. The van der Waals surface area contributed by atoms with Crippen LogP contribution in [0.3, 0.4) is 0 Å². The van der Waals surface area contributed by atoms with Crippen LogP contribution in [-0.4, -0.2) is 44.0 Å². The lowest BCUT2D eigenvalue weighted by Crippen LogP contribution is -2.36. The Labute approximate surface area is 119 Å². The average molecular weight is 281 g/mol. The number of hydrogen-bond acceptors (Lipinski definition) is 4. The van der Waals surface area contributed by atoms with Crippen LogP contribution in [0.1, 0.15) is 25.3 Å². The van der Waals surface area contributed by atoms with E-state index in [0.29, 0.717) is 11.7 Å². The second kappa shape index (κ2) is 8.55. The lowest BCUT2D eigenvalue weighted by atomic mass is 10.0. The zero-order valence-corrected chi connectivity index (χ0v) is 12.3. The highest BCUT2D eigenvalue weighted by molar-refractivity contribution is 5.77. The van der Waals surface area contributed by atoms with Gasteiger partial charge in [0.25, 0.3) is 5.91 Å². The summed E-state index contributed by atoms with van der Waals surface area (Å²) >= 11 is 0. The van der Waals surface area contributed by atoms with Gasteiger partial charge in [-0.1, -0.05) is 26.0 Å². The largest absolute Gasteiger partial charge is 0.484 e. The van der Waals surface area contributed by atoms with E-state index in [9.17, 15) is 9.90 Å². The maximum absolute atomic E-state index is 11.5. The summed E-state index contributed by atoms with van der Waals surface area (Å²) in [7, 11) is 1.50. The van der Waals surface area contributed by atoms with Crippen LogP contribution in [0.25, 0.3) is 0 Å². The van der Waals surface area contributed by atoms with Crippen molar-refractivity contribution in [3.05, 3.63) is 29.8 Å². The molecule has 0 aromatic heterocycles. The van der Waals surface area contributed by atoms with Crippen LogP contribution in [0.15, 0.2) is 24.3 Å². The van der Waals surface area contributed by atoms with Crippen LogP contribution in [0.5, 0.6) is 5.75 Å². The Bertz CT molecular complexity index is 403. The van der Waals surface area contributed by atoms with Gasteiger partial charge in [0, 0.05) is 13.7 Å². The summed E-state index contributed by atoms with van der Waals surface area (Å²) in [5.41, 5.74) is 1.23. The van der Waals surface area contributed by atoms with E-state index in [-0.39, 0.29) is 25.7 Å². The molecule has 1 aromatic carbocycles. The van der Waals surface area contributed by atoms with Crippen molar-refractivity contribution in [2.24, 2.45) is 0 Å². The molecule has 1 rings (SSSR count). The molecule has 5 nitrogen and oxygen atoms in total. The number of ether oxygens (including phenoxy) is 2. The topological polar surface area (TPSA) is 67.8 Å². The Hall–Kier alpha value is -1.59. The van der Waals surface area contributed by atoms with E-state index in [0.717, 1.165) is 0 Å². The van der Waals surface area contributed by atoms with E-state index in [2.05, 4.69) is 19.2 Å². The van der Waals surface area contributed by atoms with Gasteiger partial charge in [-0.25, -0.2) is 0 Å². The summed E-state index contributed by atoms with van der Waals surface area (Å²) in [6.45, 7) is 4.52. The van der Waals surface area contributed by atoms with Gasteiger partial charge >= 0.3 is 0 Å². The number of amides is 1. The van der Waals surface area contributed by atoms with Crippen molar-refractivity contribution < 1.29 is 19.4 Å². The average Bonchev–Trinajstić information content (AvgIpc) is 2.43. The molecule has 0 aliphatic carbocycles. The van der Waals surface area contributed by atoms with Gasteiger partial charge in [0.15, 0.2) is 6.61 Å². The molecule has 5 heteroatoms. The van der Waals surface area contributed by atoms with Crippen LogP contribution < -0.4 is 10.1 Å². The highest BCUT2D eigenvalue weighted by atomic mass is 16.5. The SMILES string of the molecule is COCC(O)CNC(=O)COc1ccc(C(C)C)cc1. The lowest BCUT2D eigenvalue weighted by Gasteiger charge is -2.12. The summed E-state index contributed by atoms with van der Waals surface area (Å²) < 4.78 is 10.1. The number of aliphatic hydroxyl groups is 1. The van der Waals surface area contributed by atoms with E-state index in [4.69, 9.17) is 9.47 Å². The molecule has 0 aliphatic rings. The maximum atomic E-state index is 11.5. The molecule has 0 heterocycles. The van der Waals surface area contributed by atoms with Gasteiger partial charge in [0.05, 0.1) is 12.7 Å². The van der Waals surface area contributed by atoms with E-state index < -0.39 is 6.10 Å². The highest BCUT2D eigenvalue weighted by Crippen LogP contribution is 2.18. The summed E-state index contributed by atoms with van der Waals surface area (Å²) in [5.74, 6) is 0.852. The smallest absolute Gasteiger partial charge is 0.258 e. The molecule has 0 bridgehead atoms. The van der Waals surface area contributed by atoms with Crippen LogP contribution >= 0.6 is 0 Å². The zero-order valence-electron chi connectivity index (χ0n) is 12.3. The number of nitrogens with one attached hydrogen (secondary N) is 1. The molecule has 1 unspecified atom stereocenters. The summed E-state index contributed by atoms with van der Waals surface area (Å²) in [5, 5.41) is 12.0. The molecule has 1 atom stereocenters. The number of carbonyl (C=O) groups is 1. The quantitative estimate of drug-likeness (QED) is 0.754. The lowest BCUT2D eigenvalue weighted by molar-refractivity contribution is -0.123. The summed E-state index contributed by atoms with van der Waals surface area (Å²) in [6, 6.07) is 7.67. The second-order valence-corrected chi connectivity index (χ2v) is 4.93. The number of carbonyl (C=O) groups excluding carboxylic acids is 1. The fraction of sp³-hybridized carbons (Fsp3) is 0.533. The Balaban J connectivity index is 2.30. The molecule has 2 N–H and O–H groups in total. The summed E-state index contributed by atoms with van der Waals surface area (Å²) in [4.78, 5) is 11.5. The molecule has 0 spiro atoms. The molecular formula is C15H23NO4. The van der Waals surface area contributed by atoms with Crippen LogP contribution in [0, 0.1) is 0 Å². The minimum absolute atomic E-state index is 0.0687. The first-order valence-corrected chi connectivity index (χ1v) is 6.69. The standard InChI is InChI=1S/C15H23NO4/c1-11(2)12-4-6-14(7-5-12)20-10-15(18)16-8-13(17)9-19-3/h4-7,11,13,17H,8-10H2,1-3H3,(H,16,18). The van der Waals surface area contributed by atoms with E-state index in [1.54, 1.807) is 0 Å². The highest BCUT2D eigenvalue weighted by Gasteiger charge is 2.07. The normalized spacial score (nSPS) is 12.2. The Morgan fingerprint density at radius 3 is 2.50 bits per heavy atom. The Kier molecular flexibility index (Phi) is 7.04. The minimum Gasteiger partial charge on any atom is -0.484 e. The Morgan fingerprint density at radius 2 is 1.95 bits per heavy atom. The molecule has 0 saturated carbocycles. The number of aliphatic hydroxyl groups excluding tert-OH is 1. The molecule has 112 valence electrons. The molecule has 1 aromatic rings. The third kappa shape index (κ3) is 6.04. The molecule has 0 radical (unpaired) electrons. The van der Waals surface area contributed by atoms with Crippen molar-refractivity contribution in [3.63, 3.8) is 0 Å². The molecule has 1 amide bonds. The van der Waals surface area contributed by atoms with E-state index in [1.807, 2.05) is 24.3 Å². The molecule has 0 fully saturated rings. The van der Waals surface area contributed by atoms with Gasteiger partial charge in [-0.05, 0) is 23.6 Å². The number of methoxy groups -OCH3 is 1.